The molecule has 0 bridgehead atoms. The summed E-state index contributed by atoms with van der Waals surface area (Å²) in [5.41, 5.74) is -0.940. The van der Waals surface area contributed by atoms with Crippen molar-refractivity contribution >= 4 is 11.9 Å². The molecule has 0 aromatic rings. The molecule has 0 spiro atoms. The number of nitrogens with zero attached hydrogens (tertiary/aromatic N) is 1. The molecule has 2 rings (SSSR count). The molecule has 1 amide bonds. The number of amides is 1. The van der Waals surface area contributed by atoms with E-state index in [4.69, 9.17) is 0 Å². The second-order valence-corrected chi connectivity index (χ2v) is 7.05. The number of carbonyl (C=O) groups excluding carboxylic acids is 1. The van der Waals surface area contributed by atoms with Crippen molar-refractivity contribution in [3.05, 3.63) is 0 Å². The van der Waals surface area contributed by atoms with Gasteiger partial charge >= 0.3 is 5.97 Å². The van der Waals surface area contributed by atoms with Gasteiger partial charge in [0.15, 0.2) is 0 Å². The second-order valence-electron chi connectivity index (χ2n) is 7.05. The number of aliphatic carboxylic acids is 1. The maximum absolute atomic E-state index is 12.0. The molecule has 0 aromatic carbocycles. The third-order valence-corrected chi connectivity index (χ3v) is 4.74. The van der Waals surface area contributed by atoms with Gasteiger partial charge in [-0.1, -0.05) is 26.7 Å². The van der Waals surface area contributed by atoms with E-state index in [2.05, 4.69) is 13.8 Å². The number of rotatable bonds is 5. The molecule has 4 nitrogen and oxygen atoms in total. The Hall–Kier alpha value is -1.06. The van der Waals surface area contributed by atoms with Crippen LogP contribution in [-0.4, -0.2) is 33.5 Å². The first-order valence-electron chi connectivity index (χ1n) is 7.90. The van der Waals surface area contributed by atoms with E-state index in [9.17, 15) is 14.7 Å². The van der Waals surface area contributed by atoms with Gasteiger partial charge in [0.2, 0.25) is 5.91 Å². The van der Waals surface area contributed by atoms with Crippen molar-refractivity contribution in [3.8, 4) is 0 Å². The maximum atomic E-state index is 12.0. The summed E-state index contributed by atoms with van der Waals surface area (Å²) in [5, 5.41) is 9.84. The van der Waals surface area contributed by atoms with E-state index >= 15 is 0 Å². The lowest BCUT2D eigenvalue weighted by atomic mass is 9.72. The van der Waals surface area contributed by atoms with Crippen molar-refractivity contribution in [2.24, 2.45) is 11.8 Å². The molecule has 0 aromatic heterocycles. The van der Waals surface area contributed by atoms with Crippen molar-refractivity contribution in [2.75, 3.05) is 0 Å². The molecule has 20 heavy (non-hydrogen) atoms. The Morgan fingerprint density at radius 1 is 1.30 bits per heavy atom. The summed E-state index contributed by atoms with van der Waals surface area (Å²) in [6.45, 7) is 5.89. The van der Waals surface area contributed by atoms with Gasteiger partial charge < -0.3 is 10.0 Å². The molecule has 0 radical (unpaired) electrons. The Morgan fingerprint density at radius 3 is 2.40 bits per heavy atom. The summed E-state index contributed by atoms with van der Waals surface area (Å²) >= 11 is 0. The van der Waals surface area contributed by atoms with Crippen LogP contribution in [0.3, 0.4) is 0 Å². The van der Waals surface area contributed by atoms with Gasteiger partial charge in [-0.3, -0.25) is 4.79 Å². The van der Waals surface area contributed by atoms with Crippen molar-refractivity contribution in [1.29, 1.82) is 0 Å². The highest BCUT2D eigenvalue weighted by Crippen LogP contribution is 2.44. The van der Waals surface area contributed by atoms with Crippen LogP contribution in [0.2, 0.25) is 0 Å². The van der Waals surface area contributed by atoms with Crippen molar-refractivity contribution in [1.82, 2.24) is 4.90 Å². The summed E-state index contributed by atoms with van der Waals surface area (Å²) in [6.07, 6.45) is 6.26. The highest BCUT2D eigenvalue weighted by Gasteiger charge is 2.53. The molecule has 2 fully saturated rings. The largest absolute Gasteiger partial charge is 0.479 e. The molecule has 2 unspecified atom stereocenters. The molecular formula is C16H27NO3. The van der Waals surface area contributed by atoms with E-state index in [0.29, 0.717) is 24.7 Å². The first kappa shape index (κ1) is 15.3. The highest BCUT2D eigenvalue weighted by atomic mass is 16.4. The fourth-order valence-corrected chi connectivity index (χ4v) is 3.99. The number of carboxylic acids is 1. The lowest BCUT2D eigenvalue weighted by Crippen LogP contribution is -2.59. The Morgan fingerprint density at radius 2 is 1.95 bits per heavy atom. The Balaban J connectivity index is 2.23. The van der Waals surface area contributed by atoms with E-state index in [1.54, 1.807) is 4.90 Å². The monoisotopic (exact) mass is 281 g/mol. The lowest BCUT2D eigenvalue weighted by molar-refractivity contribution is -0.163. The molecule has 2 atom stereocenters. The molecule has 2 aliphatic carbocycles. The first-order chi connectivity index (χ1) is 9.36. The molecule has 2 saturated carbocycles. The van der Waals surface area contributed by atoms with E-state index in [0.717, 1.165) is 32.1 Å². The van der Waals surface area contributed by atoms with Gasteiger partial charge in [-0.25, -0.2) is 4.79 Å². The number of carbonyl (C=O) groups is 2. The normalized spacial score (nSPS) is 30.3. The van der Waals surface area contributed by atoms with E-state index in [1.807, 2.05) is 0 Å². The van der Waals surface area contributed by atoms with Crippen LogP contribution in [0.15, 0.2) is 0 Å². The smallest absolute Gasteiger partial charge is 0.329 e. The third kappa shape index (κ3) is 2.99. The van der Waals surface area contributed by atoms with E-state index < -0.39 is 11.5 Å². The zero-order chi connectivity index (χ0) is 14.9. The lowest BCUT2D eigenvalue weighted by Gasteiger charge is -2.46. The molecule has 0 heterocycles. The van der Waals surface area contributed by atoms with Gasteiger partial charge in [0.1, 0.15) is 5.54 Å². The summed E-state index contributed by atoms with van der Waals surface area (Å²) in [5.74, 6) is 0.143. The minimum absolute atomic E-state index is 0.0694. The zero-order valence-electron chi connectivity index (χ0n) is 12.9. The van der Waals surface area contributed by atoms with Crippen LogP contribution < -0.4 is 0 Å². The van der Waals surface area contributed by atoms with Gasteiger partial charge in [0.05, 0.1) is 0 Å². The number of carboxylic acid groups (broad SMARTS) is 1. The van der Waals surface area contributed by atoms with Crippen LogP contribution in [0.1, 0.15) is 65.7 Å². The van der Waals surface area contributed by atoms with Gasteiger partial charge in [-0.15, -0.1) is 0 Å². The summed E-state index contributed by atoms with van der Waals surface area (Å²) in [7, 11) is 0. The molecule has 0 aliphatic heterocycles. The second kappa shape index (κ2) is 5.74. The van der Waals surface area contributed by atoms with Gasteiger partial charge in [-0.05, 0) is 43.9 Å². The SMILES string of the molecule is CC(=O)N(C1CC1)C1(C(=O)O)CCCC(CC(C)C)C1. The zero-order valence-corrected chi connectivity index (χ0v) is 12.9. The summed E-state index contributed by atoms with van der Waals surface area (Å²) in [4.78, 5) is 25.7. The fourth-order valence-electron chi connectivity index (χ4n) is 3.99. The Labute approximate surface area is 121 Å². The number of hydrogen-bond acceptors (Lipinski definition) is 2. The topological polar surface area (TPSA) is 57.6 Å². The minimum Gasteiger partial charge on any atom is -0.479 e. The third-order valence-electron chi connectivity index (χ3n) is 4.74. The van der Waals surface area contributed by atoms with E-state index in [-0.39, 0.29) is 11.9 Å². The molecule has 4 heteroatoms. The summed E-state index contributed by atoms with van der Waals surface area (Å²) < 4.78 is 0. The van der Waals surface area contributed by atoms with Gasteiger partial charge in [0.25, 0.3) is 0 Å². The van der Waals surface area contributed by atoms with Gasteiger partial charge in [0, 0.05) is 13.0 Å². The van der Waals surface area contributed by atoms with Crippen LogP contribution in [0.5, 0.6) is 0 Å². The van der Waals surface area contributed by atoms with Crippen molar-refractivity contribution < 1.29 is 14.7 Å². The molecule has 2 aliphatic rings. The predicted octanol–water partition coefficient (Wildman–Crippen LogP) is 3.06. The number of hydrogen-bond donors (Lipinski definition) is 1. The van der Waals surface area contributed by atoms with Crippen LogP contribution >= 0.6 is 0 Å². The standard InChI is InChI=1S/C16H27NO3/c1-11(2)9-13-5-4-8-16(10-13,15(19)20)17(12(3)18)14-6-7-14/h11,13-14H,4-10H2,1-3H3,(H,19,20). The van der Waals surface area contributed by atoms with Crippen molar-refractivity contribution in [3.63, 3.8) is 0 Å². The first-order valence-corrected chi connectivity index (χ1v) is 7.90. The molecule has 1 N–H and O–H groups in total. The van der Waals surface area contributed by atoms with E-state index in [1.165, 1.54) is 6.92 Å². The predicted molar refractivity (Wildman–Crippen MR) is 77.3 cm³/mol. The quantitative estimate of drug-likeness (QED) is 0.842. The molecule has 114 valence electrons. The fraction of sp³-hybridized carbons (Fsp3) is 0.875. The average Bonchev–Trinajstić information content (AvgIpc) is 3.12. The van der Waals surface area contributed by atoms with Crippen LogP contribution in [-0.2, 0) is 9.59 Å². The molecular weight excluding hydrogens is 254 g/mol. The van der Waals surface area contributed by atoms with Crippen molar-refractivity contribution in [2.45, 2.75) is 77.3 Å². The van der Waals surface area contributed by atoms with Crippen LogP contribution in [0, 0.1) is 11.8 Å². The highest BCUT2D eigenvalue weighted by molar-refractivity contribution is 5.86. The maximum Gasteiger partial charge on any atom is 0.329 e. The summed E-state index contributed by atoms with van der Waals surface area (Å²) in [6, 6.07) is 0.168. The van der Waals surface area contributed by atoms with Gasteiger partial charge in [-0.2, -0.15) is 0 Å². The van der Waals surface area contributed by atoms with Crippen LogP contribution in [0.25, 0.3) is 0 Å². The minimum atomic E-state index is -0.940. The Kier molecular flexibility index (Phi) is 4.40. The Bertz CT molecular complexity index is 389. The van der Waals surface area contributed by atoms with Crippen LogP contribution in [0.4, 0.5) is 0 Å². The molecule has 0 saturated heterocycles. The average molecular weight is 281 g/mol.